The highest BCUT2D eigenvalue weighted by Gasteiger charge is 3.00. The first-order valence-corrected chi connectivity index (χ1v) is 8.08. The summed E-state index contributed by atoms with van der Waals surface area (Å²) in [5, 5.41) is 8.34. The third-order valence-electron chi connectivity index (χ3n) is 3.72. The molecule has 16 heteroatoms. The van der Waals surface area contributed by atoms with E-state index in [1.54, 1.807) is 0 Å². The zero-order valence-electron chi connectivity index (χ0n) is 12.2. The summed E-state index contributed by atoms with van der Waals surface area (Å²) in [5.74, 6) is -38.1. The smallest absolute Gasteiger partial charge is 0.384 e. The van der Waals surface area contributed by atoms with E-state index >= 15 is 0 Å². The molecule has 0 aromatic rings. The molecule has 2 N–H and O–H groups in total. The lowest BCUT2D eigenvalue weighted by Gasteiger charge is -2.52. The molecule has 0 spiro atoms. The number of alkyl halides is 11. The number of rotatable bonds is 6. The molecule has 0 atom stereocenters. The Hall–Kier alpha value is -0.900. The average Bonchev–Trinajstić information content (AvgIpc) is 2.48. The van der Waals surface area contributed by atoms with Gasteiger partial charge in [0, 0.05) is 13.0 Å². The van der Waals surface area contributed by atoms with Crippen molar-refractivity contribution in [2.75, 3.05) is 18.9 Å². The normalized spacial score (nSPS) is 27.8. The van der Waals surface area contributed by atoms with Crippen LogP contribution in [0.15, 0.2) is 0 Å². The highest BCUT2D eigenvalue weighted by atomic mass is 32.2. The lowest BCUT2D eigenvalue weighted by molar-refractivity contribution is -0.485. The van der Waals surface area contributed by atoms with E-state index in [2.05, 4.69) is 0 Å². The number of sulfonamides is 1. The maximum Gasteiger partial charge on any atom is 0.384 e. The maximum absolute atomic E-state index is 14.2. The van der Waals surface area contributed by atoms with Gasteiger partial charge in [0.2, 0.25) is 10.0 Å². The molecule has 0 aliphatic heterocycles. The van der Waals surface area contributed by atoms with Gasteiger partial charge in [-0.25, -0.2) is 17.5 Å². The third kappa shape index (κ3) is 2.66. The van der Waals surface area contributed by atoms with Gasteiger partial charge < -0.3 is 5.11 Å². The molecule has 0 aromatic heterocycles. The van der Waals surface area contributed by atoms with Gasteiger partial charge in [0.15, 0.2) is 0 Å². The molecule has 1 rings (SSSR count). The first-order chi connectivity index (χ1) is 11.3. The molecule has 1 saturated carbocycles. The fourth-order valence-corrected chi connectivity index (χ4v) is 3.25. The number of aliphatic hydroxyl groups excluding tert-OH is 1. The van der Waals surface area contributed by atoms with Gasteiger partial charge in [-0.3, -0.25) is 0 Å². The molecule has 156 valence electrons. The van der Waals surface area contributed by atoms with E-state index in [1.807, 2.05) is 0 Å². The van der Waals surface area contributed by atoms with Crippen LogP contribution in [0.2, 0.25) is 0 Å². The Morgan fingerprint density at radius 1 is 0.692 bits per heavy atom. The zero-order chi connectivity index (χ0) is 21.0. The Balaban J connectivity index is 3.47. The molecule has 26 heavy (non-hydrogen) atoms. The van der Waals surface area contributed by atoms with Crippen LogP contribution in [0.3, 0.4) is 0 Å². The van der Waals surface area contributed by atoms with Gasteiger partial charge in [-0.2, -0.15) is 43.9 Å². The van der Waals surface area contributed by atoms with Crippen molar-refractivity contribution in [3.63, 3.8) is 0 Å². The van der Waals surface area contributed by atoms with Crippen LogP contribution in [0.1, 0.15) is 6.42 Å². The van der Waals surface area contributed by atoms with Crippen molar-refractivity contribution in [1.29, 1.82) is 0 Å². The lowest BCUT2D eigenvalue weighted by atomic mass is 9.71. The Morgan fingerprint density at radius 3 is 1.38 bits per heavy atom. The number of halogens is 11. The second-order valence-corrected chi connectivity index (χ2v) is 7.29. The predicted octanol–water partition coefficient (Wildman–Crippen LogP) is 2.19. The van der Waals surface area contributed by atoms with Crippen LogP contribution in [0, 0.1) is 0 Å². The lowest BCUT2D eigenvalue weighted by Crippen LogP contribution is -2.83. The Bertz CT molecular complexity index is 619. The van der Waals surface area contributed by atoms with Gasteiger partial charge >= 0.3 is 29.6 Å². The summed E-state index contributed by atoms with van der Waals surface area (Å²) in [6, 6.07) is 0. The topological polar surface area (TPSA) is 66.4 Å². The van der Waals surface area contributed by atoms with Crippen LogP contribution in [-0.4, -0.2) is 67.7 Å². The minimum Gasteiger partial charge on any atom is -0.395 e. The van der Waals surface area contributed by atoms with Crippen LogP contribution in [0.5, 0.6) is 0 Å². The number of hydrogen-bond acceptors (Lipinski definition) is 3. The highest BCUT2D eigenvalue weighted by molar-refractivity contribution is 7.89. The second-order valence-electron chi connectivity index (χ2n) is 5.36. The summed E-state index contributed by atoms with van der Waals surface area (Å²) in [6.45, 7) is -1.74. The molecule has 1 aliphatic carbocycles. The SMILES string of the molecule is O=S(=O)(CCC1(F)C(F)(F)C(F)(F)C(F)(F)C(F)(F)C1(F)F)NCCO. The van der Waals surface area contributed by atoms with Crippen LogP contribution < -0.4 is 4.72 Å². The fraction of sp³-hybridized carbons (Fsp3) is 1.00. The van der Waals surface area contributed by atoms with Crippen molar-refractivity contribution >= 4 is 10.0 Å². The largest absolute Gasteiger partial charge is 0.395 e. The van der Waals surface area contributed by atoms with Crippen molar-refractivity contribution < 1.29 is 61.8 Å². The second kappa shape index (κ2) is 6.05. The van der Waals surface area contributed by atoms with E-state index in [0.29, 0.717) is 0 Å². The molecule has 0 bridgehead atoms. The van der Waals surface area contributed by atoms with Crippen LogP contribution >= 0.6 is 0 Å². The molecule has 0 saturated heterocycles. The number of hydrogen-bond donors (Lipinski definition) is 2. The van der Waals surface area contributed by atoms with Crippen molar-refractivity contribution in [2.45, 2.75) is 41.7 Å². The number of aliphatic hydroxyl groups is 1. The Morgan fingerprint density at radius 2 is 1.04 bits per heavy atom. The summed E-state index contributed by atoms with van der Waals surface area (Å²) in [7, 11) is -4.98. The summed E-state index contributed by atoms with van der Waals surface area (Å²) in [4.78, 5) is 0. The van der Waals surface area contributed by atoms with Gasteiger partial charge in [0.25, 0.3) is 5.67 Å². The number of nitrogens with one attached hydrogen (secondary N) is 1. The van der Waals surface area contributed by atoms with Crippen LogP contribution in [-0.2, 0) is 10.0 Å². The molecular weight excluding hydrogens is 423 g/mol. The minimum absolute atomic E-state index is 0.835. The summed E-state index contributed by atoms with van der Waals surface area (Å²) >= 11 is 0. The molecule has 0 aromatic carbocycles. The average molecular weight is 433 g/mol. The molecule has 0 radical (unpaired) electrons. The Labute approximate surface area is 138 Å². The predicted molar refractivity (Wildman–Crippen MR) is 62.1 cm³/mol. The first kappa shape index (κ1) is 23.1. The third-order valence-corrected chi connectivity index (χ3v) is 5.11. The van der Waals surface area contributed by atoms with E-state index in [-0.39, 0.29) is 0 Å². The maximum atomic E-state index is 14.2. The van der Waals surface area contributed by atoms with Gasteiger partial charge in [-0.15, -0.1) is 0 Å². The molecule has 0 unspecified atom stereocenters. The molecule has 0 amide bonds. The summed E-state index contributed by atoms with van der Waals surface area (Å²) in [6.07, 6.45) is -2.87. The highest BCUT2D eigenvalue weighted by Crippen LogP contribution is 2.70. The zero-order valence-corrected chi connectivity index (χ0v) is 13.0. The van der Waals surface area contributed by atoms with E-state index < -0.39 is 70.6 Å². The van der Waals surface area contributed by atoms with Crippen molar-refractivity contribution in [2.24, 2.45) is 0 Å². The minimum atomic E-state index is -7.34. The van der Waals surface area contributed by atoms with E-state index in [0.717, 1.165) is 0 Å². The van der Waals surface area contributed by atoms with Crippen molar-refractivity contribution in [1.82, 2.24) is 4.72 Å². The summed E-state index contributed by atoms with van der Waals surface area (Å²) < 4.78 is 171. The quantitative estimate of drug-likeness (QED) is 0.632. The summed E-state index contributed by atoms with van der Waals surface area (Å²) in [5.41, 5.74) is -6.33. The van der Waals surface area contributed by atoms with E-state index in [1.165, 1.54) is 4.72 Å². The standard InChI is InChI=1S/C10H10F11NO3S/c11-5(1-4-26(24,25)22-2-3-23)6(12,13)8(16,17)10(20,21)9(18,19)7(5,14)15/h22-23H,1-4H2. The van der Waals surface area contributed by atoms with Crippen LogP contribution in [0.25, 0.3) is 0 Å². The molecule has 4 nitrogen and oxygen atoms in total. The van der Waals surface area contributed by atoms with Gasteiger partial charge in [-0.05, 0) is 0 Å². The van der Waals surface area contributed by atoms with Gasteiger partial charge in [0.1, 0.15) is 0 Å². The molecule has 1 aliphatic rings. The van der Waals surface area contributed by atoms with Gasteiger partial charge in [-0.1, -0.05) is 0 Å². The van der Waals surface area contributed by atoms with E-state index in [4.69, 9.17) is 5.11 Å². The first-order valence-electron chi connectivity index (χ1n) is 6.43. The van der Waals surface area contributed by atoms with Gasteiger partial charge in [0.05, 0.1) is 12.4 Å². The molecule has 0 heterocycles. The Kier molecular flexibility index (Phi) is 5.39. The monoisotopic (exact) mass is 433 g/mol. The van der Waals surface area contributed by atoms with Crippen LogP contribution in [0.4, 0.5) is 48.3 Å². The van der Waals surface area contributed by atoms with Crippen molar-refractivity contribution in [3.05, 3.63) is 0 Å². The van der Waals surface area contributed by atoms with E-state index in [9.17, 15) is 56.7 Å². The fourth-order valence-electron chi connectivity index (χ4n) is 2.15. The molecule has 1 fully saturated rings. The molecular formula is C10H10F11NO3S. The van der Waals surface area contributed by atoms with Crippen molar-refractivity contribution in [3.8, 4) is 0 Å².